The lowest BCUT2D eigenvalue weighted by molar-refractivity contribution is -0.512. The minimum absolute atomic E-state index is 0. The van der Waals surface area contributed by atoms with E-state index in [-0.39, 0.29) is 22.7 Å². The summed E-state index contributed by atoms with van der Waals surface area (Å²) in [5, 5.41) is 9.59. The quantitative estimate of drug-likeness (QED) is 0.614. The van der Waals surface area contributed by atoms with Crippen LogP contribution in [-0.2, 0) is 0 Å². The van der Waals surface area contributed by atoms with E-state index in [4.69, 9.17) is 0 Å². The Hall–Kier alpha value is -0.610. The van der Waals surface area contributed by atoms with Crippen LogP contribution >= 0.6 is 15.9 Å². The Balaban J connectivity index is 0.000000845. The molecule has 4 heteroatoms. The second-order valence-corrected chi connectivity index (χ2v) is 3.36. The Kier molecular flexibility index (Phi) is 3.27. The second-order valence-electron chi connectivity index (χ2n) is 2.51. The van der Waals surface area contributed by atoms with Gasteiger partial charge in [0.2, 0.25) is 5.75 Å². The van der Waals surface area contributed by atoms with Gasteiger partial charge in [-0.05, 0) is 22.0 Å². The van der Waals surface area contributed by atoms with E-state index in [1.165, 1.54) is 0 Å². The molecular weight excluding hydrogens is 298 g/mol. The lowest BCUT2D eigenvalue weighted by Crippen LogP contribution is -3.00. The molecule has 0 aliphatic carbocycles. The van der Waals surface area contributed by atoms with Crippen LogP contribution in [0.25, 0.3) is 5.52 Å². The van der Waals surface area contributed by atoms with Gasteiger partial charge in [-0.15, -0.1) is 0 Å². The van der Waals surface area contributed by atoms with Crippen molar-refractivity contribution in [3.8, 4) is 5.75 Å². The monoisotopic (exact) mass is 303 g/mol. The summed E-state index contributed by atoms with van der Waals surface area (Å²) < 4.78 is 2.58. The SMILES string of the molecule is Oc1c(Br)cc[n+]2ccccc12.[Br-]. The number of hydrogen-bond acceptors (Lipinski definition) is 1. The molecule has 68 valence electrons. The van der Waals surface area contributed by atoms with E-state index in [0.29, 0.717) is 4.47 Å². The zero-order valence-electron chi connectivity index (χ0n) is 6.61. The zero-order valence-corrected chi connectivity index (χ0v) is 9.79. The Morgan fingerprint density at radius 2 is 1.92 bits per heavy atom. The van der Waals surface area contributed by atoms with Gasteiger partial charge in [0, 0.05) is 18.2 Å². The van der Waals surface area contributed by atoms with E-state index >= 15 is 0 Å². The van der Waals surface area contributed by atoms with Gasteiger partial charge in [-0.3, -0.25) is 0 Å². The molecule has 2 aromatic rings. The van der Waals surface area contributed by atoms with Crippen molar-refractivity contribution in [2.24, 2.45) is 0 Å². The normalized spacial score (nSPS) is 9.62. The Morgan fingerprint density at radius 1 is 1.15 bits per heavy atom. The number of nitrogens with zero attached hydrogens (tertiary/aromatic N) is 1. The van der Waals surface area contributed by atoms with Crippen molar-refractivity contribution in [3.63, 3.8) is 0 Å². The Labute approximate surface area is 94.7 Å². The fraction of sp³-hybridized carbons (Fsp3) is 0. The summed E-state index contributed by atoms with van der Waals surface area (Å²) in [5.41, 5.74) is 0.798. The van der Waals surface area contributed by atoms with E-state index < -0.39 is 0 Å². The van der Waals surface area contributed by atoms with Gasteiger partial charge in [0.15, 0.2) is 12.4 Å². The molecule has 0 aliphatic heterocycles. The molecular formula is C9H7Br2NO. The molecule has 0 atom stereocenters. The zero-order chi connectivity index (χ0) is 8.55. The van der Waals surface area contributed by atoms with Crippen molar-refractivity contribution in [2.45, 2.75) is 0 Å². The van der Waals surface area contributed by atoms with Crippen LogP contribution in [0.3, 0.4) is 0 Å². The van der Waals surface area contributed by atoms with Gasteiger partial charge < -0.3 is 22.1 Å². The summed E-state index contributed by atoms with van der Waals surface area (Å²) in [6.07, 6.45) is 3.78. The van der Waals surface area contributed by atoms with Crippen molar-refractivity contribution in [1.82, 2.24) is 0 Å². The first-order chi connectivity index (χ1) is 5.79. The van der Waals surface area contributed by atoms with Crippen LogP contribution in [0.1, 0.15) is 0 Å². The average Bonchev–Trinajstić information content (AvgIpc) is 2.12. The number of rotatable bonds is 0. The standard InChI is InChI=1S/C9H6BrNO.BrH/c10-7-4-6-11-5-2-1-3-8(11)9(7)12;/h1-6H;1H. The number of pyridine rings is 2. The van der Waals surface area contributed by atoms with Gasteiger partial charge in [0.25, 0.3) is 5.52 Å². The minimum Gasteiger partial charge on any atom is -1.00 e. The first-order valence-corrected chi connectivity index (χ1v) is 4.36. The molecule has 0 saturated heterocycles. The van der Waals surface area contributed by atoms with Crippen molar-refractivity contribution >= 4 is 21.4 Å². The predicted octanol–water partition coefficient (Wildman–Crippen LogP) is -1.10. The highest BCUT2D eigenvalue weighted by atomic mass is 79.9. The lowest BCUT2D eigenvalue weighted by Gasteiger charge is -1.95. The molecule has 0 amide bonds. The number of hydrogen-bond donors (Lipinski definition) is 1. The maximum Gasteiger partial charge on any atom is 0.253 e. The van der Waals surface area contributed by atoms with Crippen molar-refractivity contribution < 1.29 is 26.5 Å². The molecule has 2 nitrogen and oxygen atoms in total. The van der Waals surface area contributed by atoms with E-state index in [0.717, 1.165) is 5.52 Å². The first kappa shape index (κ1) is 10.5. The number of aromatic hydroxyl groups is 1. The molecule has 0 unspecified atom stereocenters. The summed E-state index contributed by atoms with van der Waals surface area (Å²) >= 11 is 3.25. The summed E-state index contributed by atoms with van der Waals surface area (Å²) in [5.74, 6) is 0.276. The molecule has 13 heavy (non-hydrogen) atoms. The van der Waals surface area contributed by atoms with Crippen LogP contribution in [0.5, 0.6) is 5.75 Å². The molecule has 0 aliphatic rings. The van der Waals surface area contributed by atoms with Crippen LogP contribution in [0.15, 0.2) is 41.1 Å². The van der Waals surface area contributed by atoms with E-state index in [9.17, 15) is 5.11 Å². The molecule has 1 N–H and O–H groups in total. The summed E-state index contributed by atoms with van der Waals surface area (Å²) in [6, 6.07) is 7.48. The molecule has 2 rings (SSSR count). The van der Waals surface area contributed by atoms with E-state index in [2.05, 4.69) is 15.9 Å². The van der Waals surface area contributed by atoms with Crippen LogP contribution in [-0.4, -0.2) is 5.11 Å². The van der Waals surface area contributed by atoms with Gasteiger partial charge in [-0.1, -0.05) is 0 Å². The Morgan fingerprint density at radius 3 is 2.69 bits per heavy atom. The predicted molar refractivity (Wildman–Crippen MR) is 49.0 cm³/mol. The third kappa shape index (κ3) is 1.84. The number of fused-ring (bicyclic) bond motifs is 1. The van der Waals surface area contributed by atoms with Crippen molar-refractivity contribution in [1.29, 1.82) is 0 Å². The van der Waals surface area contributed by atoms with Crippen molar-refractivity contribution in [2.75, 3.05) is 0 Å². The van der Waals surface area contributed by atoms with Crippen LogP contribution < -0.4 is 21.4 Å². The molecule has 0 aromatic carbocycles. The highest BCUT2D eigenvalue weighted by Crippen LogP contribution is 2.24. The maximum absolute atomic E-state index is 9.59. The van der Waals surface area contributed by atoms with E-state index in [1.807, 2.05) is 41.1 Å². The third-order valence-electron chi connectivity index (χ3n) is 1.74. The van der Waals surface area contributed by atoms with Crippen LogP contribution in [0.2, 0.25) is 0 Å². The van der Waals surface area contributed by atoms with Gasteiger partial charge in [-0.2, -0.15) is 4.40 Å². The number of aromatic nitrogens is 1. The smallest absolute Gasteiger partial charge is 0.253 e. The first-order valence-electron chi connectivity index (χ1n) is 3.56. The van der Waals surface area contributed by atoms with E-state index in [1.54, 1.807) is 0 Å². The molecule has 2 aromatic heterocycles. The maximum atomic E-state index is 9.59. The molecule has 0 spiro atoms. The van der Waals surface area contributed by atoms with Gasteiger partial charge in [0.1, 0.15) is 0 Å². The summed E-state index contributed by atoms with van der Waals surface area (Å²) in [6.45, 7) is 0. The van der Waals surface area contributed by atoms with Gasteiger partial charge in [0.05, 0.1) is 4.47 Å². The molecule has 0 bridgehead atoms. The fourth-order valence-corrected chi connectivity index (χ4v) is 1.46. The summed E-state index contributed by atoms with van der Waals surface area (Å²) in [4.78, 5) is 0. The third-order valence-corrected chi connectivity index (χ3v) is 2.38. The summed E-state index contributed by atoms with van der Waals surface area (Å²) in [7, 11) is 0. The highest BCUT2D eigenvalue weighted by Gasteiger charge is 2.09. The largest absolute Gasteiger partial charge is 1.00 e. The van der Waals surface area contributed by atoms with Crippen molar-refractivity contribution in [3.05, 3.63) is 41.1 Å². The van der Waals surface area contributed by atoms with Gasteiger partial charge in [-0.25, -0.2) is 0 Å². The lowest BCUT2D eigenvalue weighted by atomic mass is 10.3. The molecule has 0 fully saturated rings. The van der Waals surface area contributed by atoms with Gasteiger partial charge >= 0.3 is 0 Å². The number of halogens is 2. The topological polar surface area (TPSA) is 24.3 Å². The molecule has 2 heterocycles. The van der Waals surface area contributed by atoms with Crippen LogP contribution in [0, 0.1) is 0 Å². The second kappa shape index (κ2) is 4.07. The molecule has 0 radical (unpaired) electrons. The fourth-order valence-electron chi connectivity index (χ4n) is 1.13. The minimum atomic E-state index is 0. The van der Waals surface area contributed by atoms with Crippen LogP contribution in [0.4, 0.5) is 0 Å². The Bertz CT molecular complexity index is 431. The molecule has 0 saturated carbocycles. The average molecular weight is 305 g/mol. The highest BCUT2D eigenvalue weighted by molar-refractivity contribution is 9.10.